The van der Waals surface area contributed by atoms with E-state index in [1.165, 1.54) is 24.3 Å². The van der Waals surface area contributed by atoms with E-state index in [0.717, 1.165) is 0 Å². The zero-order valence-corrected chi connectivity index (χ0v) is 11.5. The van der Waals surface area contributed by atoms with Crippen molar-refractivity contribution in [3.05, 3.63) is 63.6 Å². The summed E-state index contributed by atoms with van der Waals surface area (Å²) in [6, 6.07) is 8.59. The predicted molar refractivity (Wildman–Crippen MR) is 70.8 cm³/mol. The number of ether oxygens (including phenoxy) is 1. The molecule has 19 heavy (non-hydrogen) atoms. The van der Waals surface area contributed by atoms with E-state index in [1.807, 2.05) is 0 Å². The summed E-state index contributed by atoms with van der Waals surface area (Å²) in [6.45, 7) is -0.162. The molecule has 2 aromatic rings. The van der Waals surface area contributed by atoms with Crippen molar-refractivity contribution in [2.24, 2.45) is 0 Å². The molecule has 0 aliphatic rings. The first kappa shape index (κ1) is 14.0. The minimum atomic E-state index is -0.486. The summed E-state index contributed by atoms with van der Waals surface area (Å²) < 4.78 is 32.2. The Morgan fingerprint density at radius 1 is 1.16 bits per heavy atom. The first-order valence-electron chi connectivity index (χ1n) is 5.56. The third-order valence-electron chi connectivity index (χ3n) is 2.54. The van der Waals surface area contributed by atoms with Gasteiger partial charge >= 0.3 is 0 Å². The van der Waals surface area contributed by atoms with Crippen molar-refractivity contribution in [3.8, 4) is 5.75 Å². The molecule has 0 aromatic heterocycles. The highest BCUT2D eigenvalue weighted by atomic mass is 79.9. The molecule has 0 bridgehead atoms. The van der Waals surface area contributed by atoms with E-state index < -0.39 is 5.82 Å². The van der Waals surface area contributed by atoms with Crippen molar-refractivity contribution in [3.63, 3.8) is 0 Å². The van der Waals surface area contributed by atoms with Gasteiger partial charge in [0.15, 0.2) is 0 Å². The van der Waals surface area contributed by atoms with Gasteiger partial charge in [0, 0.05) is 11.6 Å². The first-order valence-corrected chi connectivity index (χ1v) is 6.35. The van der Waals surface area contributed by atoms with Gasteiger partial charge < -0.3 is 9.84 Å². The van der Waals surface area contributed by atoms with Crippen LogP contribution >= 0.6 is 15.9 Å². The lowest BCUT2D eigenvalue weighted by Gasteiger charge is -2.09. The molecule has 0 spiro atoms. The number of benzene rings is 2. The molecular weight excluding hydrogens is 318 g/mol. The molecular formula is C14H11BrF2O2. The molecule has 100 valence electrons. The zero-order chi connectivity index (χ0) is 13.8. The van der Waals surface area contributed by atoms with Crippen LogP contribution in [0.1, 0.15) is 11.1 Å². The largest absolute Gasteiger partial charge is 0.489 e. The summed E-state index contributed by atoms with van der Waals surface area (Å²) >= 11 is 3.13. The average Bonchev–Trinajstić information content (AvgIpc) is 2.40. The lowest BCUT2D eigenvalue weighted by Crippen LogP contribution is -1.99. The molecule has 0 radical (unpaired) electrons. The van der Waals surface area contributed by atoms with Gasteiger partial charge in [0.05, 0.1) is 11.1 Å². The Kier molecular flexibility index (Phi) is 4.50. The molecule has 0 amide bonds. The van der Waals surface area contributed by atoms with E-state index in [0.29, 0.717) is 21.3 Å². The predicted octanol–water partition coefficient (Wildman–Crippen LogP) is 3.80. The van der Waals surface area contributed by atoms with E-state index in [2.05, 4.69) is 15.9 Å². The third-order valence-corrected chi connectivity index (χ3v) is 3.43. The Labute approximate surface area is 117 Å². The Bertz CT molecular complexity index is 588. The molecule has 0 aliphatic heterocycles. The normalized spacial score (nSPS) is 10.5. The number of hydrogen-bond donors (Lipinski definition) is 1. The average molecular weight is 329 g/mol. The SMILES string of the molecule is OCc1cc(F)cc(OCc2cccc(F)c2Br)c1. The van der Waals surface area contributed by atoms with Crippen LogP contribution in [0.2, 0.25) is 0 Å². The van der Waals surface area contributed by atoms with Crippen LogP contribution in [0, 0.1) is 11.6 Å². The van der Waals surface area contributed by atoms with Crippen LogP contribution in [0.25, 0.3) is 0 Å². The molecule has 0 saturated carbocycles. The maximum atomic E-state index is 13.3. The molecule has 2 rings (SSSR count). The van der Waals surface area contributed by atoms with Gasteiger partial charge in [0.2, 0.25) is 0 Å². The van der Waals surface area contributed by atoms with Gasteiger partial charge in [-0.3, -0.25) is 0 Å². The van der Waals surface area contributed by atoms with Crippen molar-refractivity contribution in [2.75, 3.05) is 0 Å². The van der Waals surface area contributed by atoms with Gasteiger partial charge in [-0.25, -0.2) is 8.78 Å². The van der Waals surface area contributed by atoms with Crippen LogP contribution in [0.5, 0.6) is 5.75 Å². The number of aliphatic hydroxyl groups is 1. The van der Waals surface area contributed by atoms with Crippen LogP contribution in [0.4, 0.5) is 8.78 Å². The summed E-state index contributed by atoms with van der Waals surface area (Å²) in [5.41, 5.74) is 1.04. The van der Waals surface area contributed by atoms with E-state index in [4.69, 9.17) is 9.84 Å². The van der Waals surface area contributed by atoms with Crippen molar-refractivity contribution in [1.29, 1.82) is 0 Å². The summed E-state index contributed by atoms with van der Waals surface area (Å²) in [6.07, 6.45) is 0. The lowest BCUT2D eigenvalue weighted by atomic mass is 10.2. The molecule has 2 nitrogen and oxygen atoms in total. The fourth-order valence-electron chi connectivity index (χ4n) is 1.62. The maximum absolute atomic E-state index is 13.3. The molecule has 0 fully saturated rings. The molecule has 0 saturated heterocycles. The molecule has 0 atom stereocenters. The van der Waals surface area contributed by atoms with Gasteiger partial charge in [-0.2, -0.15) is 0 Å². The summed E-state index contributed by atoms with van der Waals surface area (Å²) in [5.74, 6) is -0.573. The maximum Gasteiger partial charge on any atom is 0.137 e. The van der Waals surface area contributed by atoms with E-state index >= 15 is 0 Å². The van der Waals surface area contributed by atoms with Crippen LogP contribution < -0.4 is 4.74 Å². The number of hydrogen-bond acceptors (Lipinski definition) is 2. The highest BCUT2D eigenvalue weighted by molar-refractivity contribution is 9.10. The number of rotatable bonds is 4. The first-order chi connectivity index (χ1) is 9.10. The van der Waals surface area contributed by atoms with Crippen LogP contribution in [-0.2, 0) is 13.2 Å². The number of aliphatic hydroxyl groups excluding tert-OH is 1. The molecule has 0 aliphatic carbocycles. The van der Waals surface area contributed by atoms with Crippen molar-refractivity contribution in [1.82, 2.24) is 0 Å². The second-order valence-electron chi connectivity index (χ2n) is 3.95. The van der Waals surface area contributed by atoms with Crippen LogP contribution in [-0.4, -0.2) is 5.11 Å². The summed E-state index contributed by atoms with van der Waals surface area (Å²) in [5, 5.41) is 8.97. The Morgan fingerprint density at radius 3 is 2.68 bits per heavy atom. The van der Waals surface area contributed by atoms with Gasteiger partial charge in [-0.05, 0) is 39.7 Å². The molecule has 5 heteroatoms. The second-order valence-corrected chi connectivity index (χ2v) is 4.75. The molecule has 2 aromatic carbocycles. The topological polar surface area (TPSA) is 29.5 Å². The molecule has 0 heterocycles. The zero-order valence-electron chi connectivity index (χ0n) is 9.87. The Morgan fingerprint density at radius 2 is 1.95 bits per heavy atom. The molecule has 1 N–H and O–H groups in total. The fraction of sp³-hybridized carbons (Fsp3) is 0.143. The van der Waals surface area contributed by atoms with Crippen molar-refractivity contribution >= 4 is 15.9 Å². The smallest absolute Gasteiger partial charge is 0.137 e. The second kappa shape index (κ2) is 6.12. The number of halogens is 3. The standard InChI is InChI=1S/C14H11BrF2O2/c15-14-10(2-1-3-13(14)17)8-19-12-5-9(7-18)4-11(16)6-12/h1-6,18H,7-8H2. The monoisotopic (exact) mass is 328 g/mol. The van der Waals surface area contributed by atoms with Crippen LogP contribution in [0.15, 0.2) is 40.9 Å². The van der Waals surface area contributed by atoms with Gasteiger partial charge in [-0.1, -0.05) is 12.1 Å². The minimum Gasteiger partial charge on any atom is -0.489 e. The van der Waals surface area contributed by atoms with Crippen molar-refractivity contribution < 1.29 is 18.6 Å². The Hall–Kier alpha value is -1.46. The quantitative estimate of drug-likeness (QED) is 0.925. The summed E-state index contributed by atoms with van der Waals surface area (Å²) in [7, 11) is 0. The highest BCUT2D eigenvalue weighted by Crippen LogP contribution is 2.23. The minimum absolute atomic E-state index is 0.104. The summed E-state index contributed by atoms with van der Waals surface area (Å²) in [4.78, 5) is 0. The van der Waals surface area contributed by atoms with Gasteiger partial charge in [0.1, 0.15) is 24.0 Å². The lowest BCUT2D eigenvalue weighted by molar-refractivity contribution is 0.276. The third kappa shape index (κ3) is 3.52. The van der Waals surface area contributed by atoms with Gasteiger partial charge in [0.25, 0.3) is 0 Å². The van der Waals surface area contributed by atoms with E-state index in [-0.39, 0.29) is 19.0 Å². The van der Waals surface area contributed by atoms with Crippen LogP contribution in [0.3, 0.4) is 0 Å². The van der Waals surface area contributed by atoms with E-state index in [9.17, 15) is 8.78 Å². The highest BCUT2D eigenvalue weighted by Gasteiger charge is 2.07. The van der Waals surface area contributed by atoms with Crippen molar-refractivity contribution in [2.45, 2.75) is 13.2 Å². The van der Waals surface area contributed by atoms with Gasteiger partial charge in [-0.15, -0.1) is 0 Å². The Balaban J connectivity index is 2.14. The fourth-order valence-corrected chi connectivity index (χ4v) is 2.00. The van der Waals surface area contributed by atoms with E-state index in [1.54, 1.807) is 12.1 Å². The molecule has 0 unspecified atom stereocenters.